The van der Waals surface area contributed by atoms with E-state index in [2.05, 4.69) is 4.98 Å². The fraction of sp³-hybridized carbons (Fsp3) is 0.375. The molecular formula is C16H21N3O2. The number of amides is 1. The number of nitrogens with zero attached hydrogens (tertiary/aromatic N) is 3. The van der Waals surface area contributed by atoms with Gasteiger partial charge in [0, 0.05) is 19.7 Å². The van der Waals surface area contributed by atoms with E-state index in [0.29, 0.717) is 19.0 Å². The second-order valence-electron chi connectivity index (χ2n) is 5.08. The van der Waals surface area contributed by atoms with Gasteiger partial charge in [0.2, 0.25) is 11.8 Å². The molecule has 2 aromatic rings. The summed E-state index contributed by atoms with van der Waals surface area (Å²) in [6, 6.07) is 9.86. The molecule has 0 spiro atoms. The van der Waals surface area contributed by atoms with Crippen LogP contribution in [0.5, 0.6) is 0 Å². The van der Waals surface area contributed by atoms with Crippen LogP contribution >= 0.6 is 0 Å². The Morgan fingerprint density at radius 3 is 2.57 bits per heavy atom. The minimum Gasteiger partial charge on any atom is -0.439 e. The minimum atomic E-state index is 0.0756. The van der Waals surface area contributed by atoms with E-state index in [1.54, 1.807) is 25.2 Å². The number of carbonyl (C=O) groups excluding carboxylic acids is 1. The lowest BCUT2D eigenvalue weighted by molar-refractivity contribution is -0.130. The van der Waals surface area contributed by atoms with E-state index < -0.39 is 0 Å². The van der Waals surface area contributed by atoms with Gasteiger partial charge < -0.3 is 9.32 Å². The second-order valence-corrected chi connectivity index (χ2v) is 5.08. The zero-order valence-electron chi connectivity index (χ0n) is 12.7. The van der Waals surface area contributed by atoms with Gasteiger partial charge in [0.1, 0.15) is 0 Å². The zero-order valence-corrected chi connectivity index (χ0v) is 12.7. The van der Waals surface area contributed by atoms with Crippen LogP contribution in [0.4, 0.5) is 0 Å². The number of aromatic nitrogens is 1. The highest BCUT2D eigenvalue weighted by molar-refractivity contribution is 5.77. The Bertz CT molecular complexity index is 578. The van der Waals surface area contributed by atoms with Crippen LogP contribution in [-0.2, 0) is 11.3 Å². The van der Waals surface area contributed by atoms with Crippen LogP contribution in [0.1, 0.15) is 12.8 Å². The molecule has 1 aromatic carbocycles. The van der Waals surface area contributed by atoms with Gasteiger partial charge in [-0.3, -0.25) is 9.69 Å². The van der Waals surface area contributed by atoms with Crippen molar-refractivity contribution in [1.29, 1.82) is 0 Å². The molecular weight excluding hydrogens is 266 g/mol. The van der Waals surface area contributed by atoms with E-state index in [4.69, 9.17) is 4.42 Å². The maximum absolute atomic E-state index is 11.8. The SMILES string of the molecule is CCN(CC(=O)N(C)C)Cc1ncc(-c2ccccc2)o1. The van der Waals surface area contributed by atoms with Crippen LogP contribution in [0.15, 0.2) is 40.9 Å². The Hall–Kier alpha value is -2.14. The summed E-state index contributed by atoms with van der Waals surface area (Å²) in [4.78, 5) is 19.7. The molecule has 0 aliphatic rings. The summed E-state index contributed by atoms with van der Waals surface area (Å²) in [7, 11) is 3.52. The fourth-order valence-electron chi connectivity index (χ4n) is 1.92. The molecule has 5 heteroatoms. The van der Waals surface area contributed by atoms with Gasteiger partial charge in [0.15, 0.2) is 5.76 Å². The predicted octanol–water partition coefficient (Wildman–Crippen LogP) is 2.25. The number of benzene rings is 1. The molecule has 0 saturated heterocycles. The number of hydrogen-bond acceptors (Lipinski definition) is 4. The first-order chi connectivity index (χ1) is 10.1. The molecule has 0 radical (unpaired) electrons. The van der Waals surface area contributed by atoms with Gasteiger partial charge in [-0.05, 0) is 6.54 Å². The Balaban J connectivity index is 2.02. The Morgan fingerprint density at radius 2 is 1.95 bits per heavy atom. The summed E-state index contributed by atoms with van der Waals surface area (Å²) in [5, 5.41) is 0. The maximum atomic E-state index is 11.8. The highest BCUT2D eigenvalue weighted by Gasteiger charge is 2.14. The van der Waals surface area contributed by atoms with Crippen molar-refractivity contribution in [3.63, 3.8) is 0 Å². The highest BCUT2D eigenvalue weighted by Crippen LogP contribution is 2.20. The van der Waals surface area contributed by atoms with Crippen LogP contribution in [-0.4, -0.2) is 47.9 Å². The van der Waals surface area contributed by atoms with Gasteiger partial charge >= 0.3 is 0 Å². The second kappa shape index (κ2) is 7.04. The first-order valence-corrected chi connectivity index (χ1v) is 7.02. The molecule has 0 N–H and O–H groups in total. The van der Waals surface area contributed by atoms with Crippen molar-refractivity contribution in [2.24, 2.45) is 0 Å². The molecule has 112 valence electrons. The molecule has 5 nitrogen and oxygen atoms in total. The van der Waals surface area contributed by atoms with Gasteiger partial charge in [-0.25, -0.2) is 4.98 Å². The van der Waals surface area contributed by atoms with E-state index in [1.165, 1.54) is 0 Å². The monoisotopic (exact) mass is 287 g/mol. The van der Waals surface area contributed by atoms with Gasteiger partial charge in [-0.1, -0.05) is 37.3 Å². The number of hydrogen-bond donors (Lipinski definition) is 0. The average Bonchev–Trinajstić information content (AvgIpc) is 2.95. The maximum Gasteiger partial charge on any atom is 0.236 e. The molecule has 0 aliphatic heterocycles. The van der Waals surface area contributed by atoms with Crippen molar-refractivity contribution in [3.05, 3.63) is 42.4 Å². The standard InChI is InChI=1S/C16H21N3O2/c1-4-19(12-16(20)18(2)3)11-15-17-10-14(21-15)13-8-6-5-7-9-13/h5-10H,4,11-12H2,1-3H3. The quantitative estimate of drug-likeness (QED) is 0.817. The lowest BCUT2D eigenvalue weighted by Gasteiger charge is -2.20. The van der Waals surface area contributed by atoms with Crippen LogP contribution in [0.25, 0.3) is 11.3 Å². The molecule has 0 bridgehead atoms. The molecule has 0 atom stereocenters. The third-order valence-electron chi connectivity index (χ3n) is 3.28. The van der Waals surface area contributed by atoms with Crippen molar-refractivity contribution < 1.29 is 9.21 Å². The van der Waals surface area contributed by atoms with Crippen LogP contribution in [0.3, 0.4) is 0 Å². The van der Waals surface area contributed by atoms with E-state index >= 15 is 0 Å². The summed E-state index contributed by atoms with van der Waals surface area (Å²) in [6.45, 7) is 3.68. The Labute approximate surface area is 125 Å². The lowest BCUT2D eigenvalue weighted by atomic mass is 10.2. The first-order valence-electron chi connectivity index (χ1n) is 7.02. The fourth-order valence-corrected chi connectivity index (χ4v) is 1.92. The molecule has 2 rings (SSSR count). The summed E-state index contributed by atoms with van der Waals surface area (Å²) < 4.78 is 5.77. The van der Waals surface area contributed by atoms with Gasteiger partial charge in [-0.15, -0.1) is 0 Å². The Kier molecular flexibility index (Phi) is 5.11. The summed E-state index contributed by atoms with van der Waals surface area (Å²) >= 11 is 0. The van der Waals surface area contributed by atoms with E-state index in [-0.39, 0.29) is 5.91 Å². The van der Waals surface area contributed by atoms with Crippen molar-refractivity contribution in [2.45, 2.75) is 13.5 Å². The molecule has 0 unspecified atom stereocenters. The number of carbonyl (C=O) groups is 1. The van der Waals surface area contributed by atoms with Gasteiger partial charge in [-0.2, -0.15) is 0 Å². The Morgan fingerprint density at radius 1 is 1.24 bits per heavy atom. The molecule has 1 heterocycles. The third-order valence-corrected chi connectivity index (χ3v) is 3.28. The van der Waals surface area contributed by atoms with Crippen molar-refractivity contribution in [3.8, 4) is 11.3 Å². The average molecular weight is 287 g/mol. The minimum absolute atomic E-state index is 0.0756. The van der Waals surface area contributed by atoms with E-state index in [9.17, 15) is 4.79 Å². The summed E-state index contributed by atoms with van der Waals surface area (Å²) in [5.41, 5.74) is 1.00. The lowest BCUT2D eigenvalue weighted by Crippen LogP contribution is -2.36. The zero-order chi connectivity index (χ0) is 15.2. The predicted molar refractivity (Wildman–Crippen MR) is 81.6 cm³/mol. The highest BCUT2D eigenvalue weighted by atomic mass is 16.4. The molecule has 0 saturated carbocycles. The van der Waals surface area contributed by atoms with E-state index in [1.807, 2.05) is 42.2 Å². The largest absolute Gasteiger partial charge is 0.439 e. The summed E-state index contributed by atoms with van der Waals surface area (Å²) in [5.74, 6) is 1.45. The van der Waals surface area contributed by atoms with Crippen LogP contribution in [0, 0.1) is 0 Å². The molecule has 0 aliphatic carbocycles. The van der Waals surface area contributed by atoms with Gasteiger partial charge in [0.05, 0.1) is 19.3 Å². The third kappa shape index (κ3) is 4.16. The number of oxazole rings is 1. The number of likely N-dealkylation sites (N-methyl/N-ethyl adjacent to an activating group) is 2. The first kappa shape index (κ1) is 15.3. The van der Waals surface area contributed by atoms with Gasteiger partial charge in [0.25, 0.3) is 0 Å². The number of rotatable bonds is 6. The van der Waals surface area contributed by atoms with Crippen molar-refractivity contribution >= 4 is 5.91 Å². The molecule has 21 heavy (non-hydrogen) atoms. The smallest absolute Gasteiger partial charge is 0.236 e. The van der Waals surface area contributed by atoms with Crippen LogP contribution < -0.4 is 0 Å². The summed E-state index contributed by atoms with van der Waals surface area (Å²) in [6.07, 6.45) is 1.73. The van der Waals surface area contributed by atoms with E-state index in [0.717, 1.165) is 17.9 Å². The molecule has 1 aromatic heterocycles. The normalized spacial score (nSPS) is 10.9. The van der Waals surface area contributed by atoms with Crippen LogP contribution in [0.2, 0.25) is 0 Å². The molecule has 0 fully saturated rings. The van der Waals surface area contributed by atoms with Crippen molar-refractivity contribution in [2.75, 3.05) is 27.2 Å². The van der Waals surface area contributed by atoms with Crippen molar-refractivity contribution in [1.82, 2.24) is 14.8 Å². The topological polar surface area (TPSA) is 49.6 Å². The molecule has 1 amide bonds.